The molecule has 1 aromatic rings. The van der Waals surface area contributed by atoms with Gasteiger partial charge in [-0.15, -0.1) is 0 Å². The monoisotopic (exact) mass is 398 g/mol. The number of esters is 1. The van der Waals surface area contributed by atoms with E-state index in [4.69, 9.17) is 4.42 Å². The Morgan fingerprint density at radius 2 is 2.04 bits per heavy atom. The largest absolute Gasteiger partial charge is 0.465 e. The zero-order chi connectivity index (χ0) is 19.5. The molecule has 0 spiro atoms. The molecule has 0 radical (unpaired) electrons. The van der Waals surface area contributed by atoms with Crippen molar-refractivity contribution in [2.45, 2.75) is 37.1 Å². The molecule has 148 valence electrons. The Balaban J connectivity index is 1.93. The summed E-state index contributed by atoms with van der Waals surface area (Å²) in [5.74, 6) is -0.815. The second-order valence-electron chi connectivity index (χ2n) is 6.28. The third-order valence-corrected chi connectivity index (χ3v) is 5.77. The smallest absolute Gasteiger partial charge is 0.401 e. The summed E-state index contributed by atoms with van der Waals surface area (Å²) >= 11 is 0. The molecule has 0 aromatic carbocycles. The highest BCUT2D eigenvalue weighted by atomic mass is 32.2. The molecule has 1 saturated heterocycles. The van der Waals surface area contributed by atoms with Crippen LogP contribution in [-0.2, 0) is 14.8 Å². The number of rotatable bonds is 6. The van der Waals surface area contributed by atoms with Crippen molar-refractivity contribution in [3.63, 3.8) is 0 Å². The number of alkyl halides is 3. The number of nitrogens with zero attached hydrogens (tertiary/aromatic N) is 1. The SMILES string of the molecule is COC(=O)c1coc(S(=O)(=O)N[C@@H](C)C2CCN(CC(F)(F)F)CC2)c1. The van der Waals surface area contributed by atoms with E-state index in [1.807, 2.05) is 0 Å². The normalized spacial score (nSPS) is 18.7. The minimum absolute atomic E-state index is 0.0269. The van der Waals surface area contributed by atoms with Crippen molar-refractivity contribution in [1.29, 1.82) is 0 Å². The van der Waals surface area contributed by atoms with E-state index < -0.39 is 39.8 Å². The van der Waals surface area contributed by atoms with E-state index in [9.17, 15) is 26.4 Å². The Morgan fingerprint density at radius 1 is 1.42 bits per heavy atom. The van der Waals surface area contributed by atoms with Gasteiger partial charge in [-0.1, -0.05) is 0 Å². The number of piperidine rings is 1. The second-order valence-corrected chi connectivity index (χ2v) is 7.93. The molecule has 1 fully saturated rings. The fourth-order valence-corrected chi connectivity index (χ4v) is 4.20. The van der Waals surface area contributed by atoms with Crippen LogP contribution in [0.5, 0.6) is 0 Å². The highest BCUT2D eigenvalue weighted by molar-refractivity contribution is 7.89. The molecule has 1 atom stereocenters. The molecule has 1 aliphatic heterocycles. The fourth-order valence-electron chi connectivity index (χ4n) is 2.95. The summed E-state index contributed by atoms with van der Waals surface area (Å²) in [5.41, 5.74) is -0.0269. The van der Waals surface area contributed by atoms with E-state index in [0.29, 0.717) is 12.8 Å². The Bertz CT molecular complexity index is 724. The fraction of sp³-hybridized carbons (Fsp3) is 0.667. The maximum absolute atomic E-state index is 12.4. The van der Waals surface area contributed by atoms with E-state index in [2.05, 4.69) is 9.46 Å². The molecule has 2 heterocycles. The molecule has 7 nitrogen and oxygen atoms in total. The molecule has 0 bridgehead atoms. The summed E-state index contributed by atoms with van der Waals surface area (Å²) in [7, 11) is -2.83. The molecule has 1 aliphatic rings. The first-order valence-electron chi connectivity index (χ1n) is 8.00. The van der Waals surface area contributed by atoms with Gasteiger partial charge < -0.3 is 9.15 Å². The first kappa shape index (κ1) is 20.7. The van der Waals surface area contributed by atoms with E-state index in [1.54, 1.807) is 6.92 Å². The van der Waals surface area contributed by atoms with Crippen molar-refractivity contribution in [1.82, 2.24) is 9.62 Å². The molecule has 2 rings (SSSR count). The van der Waals surface area contributed by atoms with Crippen LogP contribution in [0.25, 0.3) is 0 Å². The quantitative estimate of drug-likeness (QED) is 0.738. The van der Waals surface area contributed by atoms with Gasteiger partial charge in [-0.05, 0) is 38.8 Å². The molecular weight excluding hydrogens is 377 g/mol. The summed E-state index contributed by atoms with van der Waals surface area (Å²) < 4.78 is 73.8. The second kappa shape index (κ2) is 7.97. The van der Waals surface area contributed by atoms with Crippen LogP contribution < -0.4 is 4.72 Å². The molecular formula is C15H21F3N2O5S. The minimum atomic E-state index is -4.24. The average molecular weight is 398 g/mol. The van der Waals surface area contributed by atoms with Gasteiger partial charge >= 0.3 is 12.1 Å². The Hall–Kier alpha value is -1.59. The maximum atomic E-state index is 12.4. The van der Waals surface area contributed by atoms with E-state index in [0.717, 1.165) is 19.4 Å². The molecule has 0 unspecified atom stereocenters. The number of carbonyl (C=O) groups is 1. The van der Waals surface area contributed by atoms with Crippen LogP contribution in [0.4, 0.5) is 13.2 Å². The lowest BCUT2D eigenvalue weighted by molar-refractivity contribution is -0.148. The van der Waals surface area contributed by atoms with Gasteiger partial charge in [0.05, 0.1) is 19.2 Å². The van der Waals surface area contributed by atoms with E-state index in [-0.39, 0.29) is 24.6 Å². The van der Waals surface area contributed by atoms with Gasteiger partial charge in [0, 0.05) is 12.1 Å². The molecule has 0 amide bonds. The Kier molecular flexibility index (Phi) is 6.35. The lowest BCUT2D eigenvalue weighted by Gasteiger charge is -2.35. The Labute approximate surface area is 149 Å². The highest BCUT2D eigenvalue weighted by Crippen LogP contribution is 2.25. The van der Waals surface area contributed by atoms with Crippen molar-refractivity contribution >= 4 is 16.0 Å². The third-order valence-electron chi connectivity index (χ3n) is 4.34. The number of ether oxygens (including phenoxy) is 1. The molecule has 26 heavy (non-hydrogen) atoms. The zero-order valence-corrected chi connectivity index (χ0v) is 15.2. The number of furan rings is 1. The number of methoxy groups -OCH3 is 1. The lowest BCUT2D eigenvalue weighted by Crippen LogP contribution is -2.45. The molecule has 1 N–H and O–H groups in total. The van der Waals surface area contributed by atoms with Crippen LogP contribution in [-0.4, -0.2) is 58.2 Å². The predicted molar refractivity (Wildman–Crippen MR) is 85.1 cm³/mol. The topological polar surface area (TPSA) is 88.8 Å². The third kappa shape index (κ3) is 5.45. The number of likely N-dealkylation sites (tertiary alicyclic amines) is 1. The van der Waals surface area contributed by atoms with Crippen LogP contribution in [0.3, 0.4) is 0 Å². The number of sulfonamides is 1. The number of nitrogens with one attached hydrogen (secondary N) is 1. The van der Waals surface area contributed by atoms with E-state index in [1.165, 1.54) is 4.90 Å². The summed E-state index contributed by atoms with van der Waals surface area (Å²) in [6, 6.07) is 0.576. The van der Waals surface area contributed by atoms with Crippen molar-refractivity contribution in [2.75, 3.05) is 26.7 Å². The van der Waals surface area contributed by atoms with Gasteiger partial charge in [-0.25, -0.2) is 17.9 Å². The predicted octanol–water partition coefficient (Wildman–Crippen LogP) is 2.01. The number of halogens is 3. The van der Waals surface area contributed by atoms with Gasteiger partial charge in [0.2, 0.25) is 5.09 Å². The van der Waals surface area contributed by atoms with Crippen LogP contribution in [0, 0.1) is 5.92 Å². The molecule has 0 aliphatic carbocycles. The zero-order valence-electron chi connectivity index (χ0n) is 14.4. The number of hydrogen-bond donors (Lipinski definition) is 1. The van der Waals surface area contributed by atoms with Crippen LogP contribution in [0.15, 0.2) is 21.8 Å². The van der Waals surface area contributed by atoms with Crippen molar-refractivity contribution in [3.05, 3.63) is 17.9 Å². The number of carbonyl (C=O) groups excluding carboxylic acids is 1. The summed E-state index contributed by atoms with van der Waals surface area (Å²) in [6.45, 7) is 1.21. The summed E-state index contributed by atoms with van der Waals surface area (Å²) in [4.78, 5) is 12.7. The molecule has 1 aromatic heterocycles. The first-order chi connectivity index (χ1) is 12.0. The molecule has 11 heteroatoms. The standard InChI is InChI=1S/C15H21F3N2O5S/c1-10(11-3-5-20(6-4-11)9-15(16,17)18)19-26(22,23)13-7-12(8-25-13)14(21)24-2/h7-8,10-11,19H,3-6,9H2,1-2H3/t10-/m0/s1. The average Bonchev–Trinajstić information content (AvgIpc) is 3.03. The maximum Gasteiger partial charge on any atom is 0.401 e. The lowest BCUT2D eigenvalue weighted by atomic mass is 9.91. The van der Waals surface area contributed by atoms with Crippen LogP contribution in [0.1, 0.15) is 30.1 Å². The van der Waals surface area contributed by atoms with Crippen molar-refractivity contribution in [2.24, 2.45) is 5.92 Å². The number of hydrogen-bond acceptors (Lipinski definition) is 6. The van der Waals surface area contributed by atoms with Gasteiger partial charge in [0.15, 0.2) is 0 Å². The van der Waals surface area contributed by atoms with Crippen LogP contribution >= 0.6 is 0 Å². The summed E-state index contributed by atoms with van der Waals surface area (Å²) in [6.07, 6.45) is -2.35. The molecule has 0 saturated carbocycles. The van der Waals surface area contributed by atoms with E-state index >= 15 is 0 Å². The minimum Gasteiger partial charge on any atom is -0.465 e. The van der Waals surface area contributed by atoms with Gasteiger partial charge in [-0.3, -0.25) is 4.90 Å². The van der Waals surface area contributed by atoms with Crippen molar-refractivity contribution < 1.29 is 35.5 Å². The highest BCUT2D eigenvalue weighted by Gasteiger charge is 2.34. The van der Waals surface area contributed by atoms with Crippen molar-refractivity contribution in [3.8, 4) is 0 Å². The Morgan fingerprint density at radius 3 is 2.58 bits per heavy atom. The summed E-state index contributed by atoms with van der Waals surface area (Å²) in [5, 5.41) is -0.417. The van der Waals surface area contributed by atoms with Gasteiger partial charge in [-0.2, -0.15) is 13.2 Å². The van der Waals surface area contributed by atoms with Crippen LogP contribution in [0.2, 0.25) is 0 Å². The first-order valence-corrected chi connectivity index (χ1v) is 9.48. The van der Waals surface area contributed by atoms with Gasteiger partial charge in [0.1, 0.15) is 6.26 Å². The van der Waals surface area contributed by atoms with Gasteiger partial charge in [0.25, 0.3) is 10.0 Å².